The molecule has 108 valence electrons. The second kappa shape index (κ2) is 5.79. The summed E-state index contributed by atoms with van der Waals surface area (Å²) in [6.45, 7) is 0.930. The van der Waals surface area contributed by atoms with Gasteiger partial charge in [-0.15, -0.1) is 0 Å². The van der Waals surface area contributed by atoms with E-state index in [2.05, 4.69) is 10.3 Å². The Balaban J connectivity index is 1.86. The Morgan fingerprint density at radius 2 is 1.86 bits per heavy atom. The van der Waals surface area contributed by atoms with Crippen molar-refractivity contribution in [3.63, 3.8) is 0 Å². The van der Waals surface area contributed by atoms with Gasteiger partial charge < -0.3 is 14.8 Å². The third kappa shape index (κ3) is 3.04. The predicted octanol–water partition coefficient (Wildman–Crippen LogP) is 3.41. The minimum Gasteiger partial charge on any atom is -0.486 e. The van der Waals surface area contributed by atoms with Gasteiger partial charge in [-0.1, -0.05) is 29.3 Å². The zero-order valence-electron chi connectivity index (χ0n) is 10.7. The molecule has 0 saturated heterocycles. The van der Waals surface area contributed by atoms with Crippen LogP contribution in [-0.2, 0) is 0 Å². The highest BCUT2D eigenvalue weighted by Gasteiger charge is 2.17. The summed E-state index contributed by atoms with van der Waals surface area (Å²) < 4.78 is 10.9. The summed E-state index contributed by atoms with van der Waals surface area (Å²) in [5.41, 5.74) is 0.626. The number of carbonyl (C=O) groups is 1. The molecule has 21 heavy (non-hydrogen) atoms. The van der Waals surface area contributed by atoms with Crippen molar-refractivity contribution in [2.45, 2.75) is 0 Å². The van der Waals surface area contributed by atoms with Crippen LogP contribution in [0.2, 0.25) is 10.2 Å². The summed E-state index contributed by atoms with van der Waals surface area (Å²) >= 11 is 11.9. The van der Waals surface area contributed by atoms with Gasteiger partial charge in [-0.05, 0) is 12.1 Å². The largest absolute Gasteiger partial charge is 0.486 e. The van der Waals surface area contributed by atoms with Crippen molar-refractivity contribution in [3.05, 3.63) is 46.2 Å². The summed E-state index contributed by atoms with van der Waals surface area (Å²) in [4.78, 5) is 16.1. The van der Waals surface area contributed by atoms with Crippen molar-refractivity contribution in [1.29, 1.82) is 0 Å². The molecule has 5 nitrogen and oxygen atoms in total. The van der Waals surface area contributed by atoms with Gasteiger partial charge >= 0.3 is 0 Å². The molecule has 1 N–H and O–H groups in total. The maximum atomic E-state index is 12.1. The van der Waals surface area contributed by atoms with E-state index < -0.39 is 5.91 Å². The van der Waals surface area contributed by atoms with Gasteiger partial charge in [0.05, 0.1) is 10.7 Å². The highest BCUT2D eigenvalue weighted by molar-refractivity contribution is 6.34. The molecule has 0 spiro atoms. The van der Waals surface area contributed by atoms with Crippen LogP contribution in [0, 0.1) is 0 Å². The van der Waals surface area contributed by atoms with E-state index in [0.717, 1.165) is 0 Å². The van der Waals surface area contributed by atoms with Crippen LogP contribution in [-0.4, -0.2) is 24.1 Å². The molecular weight excluding hydrogens is 315 g/mol. The number of carbonyl (C=O) groups excluding carboxylic acids is 1. The first-order chi connectivity index (χ1) is 10.1. The lowest BCUT2D eigenvalue weighted by Gasteiger charge is -2.19. The van der Waals surface area contributed by atoms with Crippen molar-refractivity contribution < 1.29 is 14.3 Å². The van der Waals surface area contributed by atoms with E-state index in [9.17, 15) is 4.79 Å². The predicted molar refractivity (Wildman–Crippen MR) is 79.6 cm³/mol. The first-order valence-corrected chi connectivity index (χ1v) is 6.92. The van der Waals surface area contributed by atoms with Gasteiger partial charge in [-0.25, -0.2) is 4.98 Å². The molecule has 7 heteroatoms. The third-order valence-corrected chi connectivity index (χ3v) is 3.35. The fourth-order valence-corrected chi connectivity index (χ4v) is 2.25. The van der Waals surface area contributed by atoms with Crippen LogP contribution in [0.25, 0.3) is 0 Å². The lowest BCUT2D eigenvalue weighted by Crippen LogP contribution is -2.17. The summed E-state index contributed by atoms with van der Waals surface area (Å²) in [5.74, 6) is 0.696. The Kier molecular flexibility index (Phi) is 3.86. The van der Waals surface area contributed by atoms with E-state index in [4.69, 9.17) is 32.7 Å². The molecule has 2 aromatic rings. The van der Waals surface area contributed by atoms with E-state index in [0.29, 0.717) is 35.4 Å². The summed E-state index contributed by atoms with van der Waals surface area (Å²) in [7, 11) is 0. The number of halogens is 2. The van der Waals surface area contributed by atoms with Gasteiger partial charge in [0.15, 0.2) is 11.5 Å². The number of nitrogens with one attached hydrogen (secondary N) is 1. The normalized spacial score (nSPS) is 12.9. The zero-order valence-corrected chi connectivity index (χ0v) is 12.2. The SMILES string of the molecule is O=C(Nc1cc2c(cc1Cl)OCCO2)c1cccc(Cl)n1. The molecule has 0 radical (unpaired) electrons. The first-order valence-electron chi connectivity index (χ1n) is 6.16. The molecule has 1 amide bonds. The summed E-state index contributed by atoms with van der Waals surface area (Å²) in [6.07, 6.45) is 0. The van der Waals surface area contributed by atoms with E-state index in [1.54, 1.807) is 30.3 Å². The monoisotopic (exact) mass is 324 g/mol. The van der Waals surface area contributed by atoms with Crippen molar-refractivity contribution in [2.75, 3.05) is 18.5 Å². The Morgan fingerprint density at radius 1 is 1.14 bits per heavy atom. The molecule has 1 aromatic heterocycles. The Bertz CT molecular complexity index is 707. The van der Waals surface area contributed by atoms with Crippen LogP contribution in [0.1, 0.15) is 10.5 Å². The topological polar surface area (TPSA) is 60.5 Å². The number of anilines is 1. The number of rotatable bonds is 2. The molecule has 2 heterocycles. The number of benzene rings is 1. The van der Waals surface area contributed by atoms with Crippen LogP contribution in [0.4, 0.5) is 5.69 Å². The number of hydrogen-bond acceptors (Lipinski definition) is 4. The third-order valence-electron chi connectivity index (χ3n) is 2.83. The maximum absolute atomic E-state index is 12.1. The van der Waals surface area contributed by atoms with Gasteiger partial charge in [-0.3, -0.25) is 4.79 Å². The average Bonchev–Trinajstić information content (AvgIpc) is 2.48. The first kappa shape index (κ1) is 14.0. The van der Waals surface area contributed by atoms with Crippen LogP contribution in [0.15, 0.2) is 30.3 Å². The number of fused-ring (bicyclic) bond motifs is 1. The molecule has 1 aliphatic heterocycles. The lowest BCUT2D eigenvalue weighted by atomic mass is 10.2. The fraction of sp³-hybridized carbons (Fsp3) is 0.143. The molecule has 0 saturated carbocycles. The summed E-state index contributed by atoms with van der Waals surface area (Å²) in [6, 6.07) is 8.04. The number of pyridine rings is 1. The molecule has 0 fully saturated rings. The number of amides is 1. The molecule has 1 aliphatic rings. The van der Waals surface area contributed by atoms with E-state index >= 15 is 0 Å². The molecular formula is C14H10Cl2N2O3. The number of hydrogen-bond donors (Lipinski definition) is 1. The van der Waals surface area contributed by atoms with Gasteiger partial charge in [0, 0.05) is 12.1 Å². The second-order valence-corrected chi connectivity index (χ2v) is 5.07. The highest BCUT2D eigenvalue weighted by Crippen LogP contribution is 2.38. The number of aromatic nitrogens is 1. The number of nitrogens with zero attached hydrogens (tertiary/aromatic N) is 1. The standard InChI is InChI=1S/C14H10Cl2N2O3/c15-8-6-11-12(21-5-4-20-11)7-10(8)18-14(19)9-2-1-3-13(16)17-9/h1-3,6-7H,4-5H2,(H,18,19). The zero-order chi connectivity index (χ0) is 14.8. The van der Waals surface area contributed by atoms with Gasteiger partial charge in [0.2, 0.25) is 0 Å². The van der Waals surface area contributed by atoms with Crippen molar-refractivity contribution in [3.8, 4) is 11.5 Å². The van der Waals surface area contributed by atoms with Gasteiger partial charge in [0.25, 0.3) is 5.91 Å². The van der Waals surface area contributed by atoms with Gasteiger partial charge in [0.1, 0.15) is 24.1 Å². The lowest BCUT2D eigenvalue weighted by molar-refractivity contribution is 0.102. The van der Waals surface area contributed by atoms with E-state index in [-0.39, 0.29) is 10.8 Å². The molecule has 3 rings (SSSR count). The Labute approximate surface area is 130 Å². The Morgan fingerprint density at radius 3 is 2.57 bits per heavy atom. The average molecular weight is 325 g/mol. The van der Waals surface area contributed by atoms with Crippen LogP contribution < -0.4 is 14.8 Å². The smallest absolute Gasteiger partial charge is 0.274 e. The van der Waals surface area contributed by atoms with Crippen molar-refractivity contribution >= 4 is 34.8 Å². The molecule has 0 atom stereocenters. The van der Waals surface area contributed by atoms with E-state index in [1.807, 2.05) is 0 Å². The highest BCUT2D eigenvalue weighted by atomic mass is 35.5. The molecule has 1 aromatic carbocycles. The van der Waals surface area contributed by atoms with Gasteiger partial charge in [-0.2, -0.15) is 0 Å². The van der Waals surface area contributed by atoms with Crippen LogP contribution >= 0.6 is 23.2 Å². The minimum absolute atomic E-state index is 0.202. The second-order valence-electron chi connectivity index (χ2n) is 4.28. The summed E-state index contributed by atoms with van der Waals surface area (Å²) in [5, 5.41) is 3.28. The Hall–Kier alpha value is -1.98. The van der Waals surface area contributed by atoms with Crippen LogP contribution in [0.5, 0.6) is 11.5 Å². The quantitative estimate of drug-likeness (QED) is 0.860. The minimum atomic E-state index is -0.406. The fourth-order valence-electron chi connectivity index (χ4n) is 1.88. The van der Waals surface area contributed by atoms with Crippen molar-refractivity contribution in [1.82, 2.24) is 4.98 Å². The molecule has 0 bridgehead atoms. The van der Waals surface area contributed by atoms with Crippen LogP contribution in [0.3, 0.4) is 0 Å². The molecule has 0 aliphatic carbocycles. The van der Waals surface area contributed by atoms with Crippen molar-refractivity contribution in [2.24, 2.45) is 0 Å². The molecule has 0 unspecified atom stereocenters. The maximum Gasteiger partial charge on any atom is 0.274 e. The van der Waals surface area contributed by atoms with E-state index in [1.165, 1.54) is 0 Å². The number of ether oxygens (including phenoxy) is 2.